The van der Waals surface area contributed by atoms with Gasteiger partial charge in [-0.25, -0.2) is 0 Å². The van der Waals surface area contributed by atoms with Crippen LogP contribution in [0.4, 0.5) is 13.2 Å². The highest BCUT2D eigenvalue weighted by atomic mass is 35.5. The molecule has 1 aliphatic heterocycles. The zero-order chi connectivity index (χ0) is 13.8. The van der Waals surface area contributed by atoms with Crippen molar-refractivity contribution in [1.29, 1.82) is 0 Å². The molecule has 9 heteroatoms. The Labute approximate surface area is 115 Å². The minimum absolute atomic E-state index is 0. The molecular weight excluding hydrogens is 287 g/mol. The van der Waals surface area contributed by atoms with Crippen molar-refractivity contribution in [2.24, 2.45) is 0 Å². The van der Waals surface area contributed by atoms with Crippen LogP contribution in [0.1, 0.15) is 12.8 Å². The number of likely N-dealkylation sites (tertiary alicyclic amines) is 1. The van der Waals surface area contributed by atoms with E-state index in [4.69, 9.17) is 0 Å². The van der Waals surface area contributed by atoms with Crippen molar-refractivity contribution in [2.75, 3.05) is 26.7 Å². The van der Waals surface area contributed by atoms with Crippen LogP contribution in [0.2, 0.25) is 0 Å². The average Bonchev–Trinajstić information content (AvgIpc) is 2.57. The molecule has 5 nitrogen and oxygen atoms in total. The number of carbonyl (C=O) groups is 2. The molecule has 1 heterocycles. The van der Waals surface area contributed by atoms with Crippen molar-refractivity contribution < 1.29 is 22.8 Å². The summed E-state index contributed by atoms with van der Waals surface area (Å²) in [7, 11) is 1.68. The Morgan fingerprint density at radius 3 is 2.63 bits per heavy atom. The molecule has 1 saturated heterocycles. The molecule has 19 heavy (non-hydrogen) atoms. The van der Waals surface area contributed by atoms with Gasteiger partial charge in [0.25, 0.3) is 0 Å². The summed E-state index contributed by atoms with van der Waals surface area (Å²) in [6.45, 7) is -0.775. The quantitative estimate of drug-likeness (QED) is 0.768. The SMILES string of the molecule is CNCCC(=O)NC1CCN(CC(F)(F)F)C1=O.Cl. The number of carbonyl (C=O) groups excluding carboxylic acids is 2. The summed E-state index contributed by atoms with van der Waals surface area (Å²) in [6, 6.07) is -0.822. The minimum atomic E-state index is -4.40. The van der Waals surface area contributed by atoms with Crippen LogP contribution < -0.4 is 10.6 Å². The third-order valence-electron chi connectivity index (χ3n) is 2.60. The Morgan fingerprint density at radius 1 is 1.47 bits per heavy atom. The molecule has 112 valence electrons. The van der Waals surface area contributed by atoms with E-state index in [1.54, 1.807) is 7.05 Å². The number of rotatable bonds is 5. The molecule has 1 rings (SSSR count). The van der Waals surface area contributed by atoms with Gasteiger partial charge in [0.1, 0.15) is 12.6 Å². The lowest BCUT2D eigenvalue weighted by atomic mass is 10.2. The second-order valence-corrected chi connectivity index (χ2v) is 4.14. The van der Waals surface area contributed by atoms with Gasteiger partial charge in [-0.05, 0) is 13.5 Å². The molecule has 2 N–H and O–H groups in total. The van der Waals surface area contributed by atoms with Crippen molar-refractivity contribution in [3.8, 4) is 0 Å². The van der Waals surface area contributed by atoms with Gasteiger partial charge < -0.3 is 15.5 Å². The van der Waals surface area contributed by atoms with E-state index in [1.807, 2.05) is 0 Å². The molecule has 1 atom stereocenters. The van der Waals surface area contributed by atoms with Gasteiger partial charge in [0.05, 0.1) is 0 Å². The summed E-state index contributed by atoms with van der Waals surface area (Å²) in [6.07, 6.45) is -3.99. The van der Waals surface area contributed by atoms with E-state index in [1.165, 1.54) is 0 Å². The second kappa shape index (κ2) is 7.54. The maximum atomic E-state index is 12.1. The van der Waals surface area contributed by atoms with Gasteiger partial charge >= 0.3 is 6.18 Å². The van der Waals surface area contributed by atoms with E-state index in [0.717, 1.165) is 4.90 Å². The summed E-state index contributed by atoms with van der Waals surface area (Å²) < 4.78 is 36.4. The largest absolute Gasteiger partial charge is 0.406 e. The van der Waals surface area contributed by atoms with Gasteiger partial charge in [0.2, 0.25) is 11.8 Å². The van der Waals surface area contributed by atoms with Gasteiger partial charge in [-0.15, -0.1) is 12.4 Å². The molecule has 0 spiro atoms. The standard InChI is InChI=1S/C10H16F3N3O2.ClH/c1-14-4-2-8(17)15-7-3-5-16(9(7)18)6-10(11,12)13;/h7,14H,2-6H2,1H3,(H,15,17);1H. The van der Waals surface area contributed by atoms with E-state index in [-0.39, 0.29) is 37.7 Å². The summed E-state index contributed by atoms with van der Waals surface area (Å²) in [4.78, 5) is 23.7. The number of alkyl halides is 3. The number of halogens is 4. The van der Waals surface area contributed by atoms with E-state index in [0.29, 0.717) is 6.54 Å². The molecule has 0 aromatic rings. The van der Waals surface area contributed by atoms with Crippen LogP contribution in [0.3, 0.4) is 0 Å². The van der Waals surface area contributed by atoms with Crippen molar-refractivity contribution >= 4 is 24.2 Å². The van der Waals surface area contributed by atoms with Crippen molar-refractivity contribution in [2.45, 2.75) is 25.1 Å². The zero-order valence-electron chi connectivity index (χ0n) is 10.4. The Bertz CT molecular complexity index is 326. The maximum absolute atomic E-state index is 12.1. The Kier molecular flexibility index (Phi) is 7.14. The molecule has 0 saturated carbocycles. The lowest BCUT2D eigenvalue weighted by Crippen LogP contribution is -2.44. The number of hydrogen-bond acceptors (Lipinski definition) is 3. The van der Waals surface area contributed by atoms with E-state index in [9.17, 15) is 22.8 Å². The van der Waals surface area contributed by atoms with Crippen LogP contribution in [0.15, 0.2) is 0 Å². The van der Waals surface area contributed by atoms with E-state index < -0.39 is 24.7 Å². The Morgan fingerprint density at radius 2 is 2.11 bits per heavy atom. The fourth-order valence-corrected chi connectivity index (χ4v) is 1.75. The smallest absolute Gasteiger partial charge is 0.344 e. The average molecular weight is 304 g/mol. The van der Waals surface area contributed by atoms with Crippen molar-refractivity contribution in [3.05, 3.63) is 0 Å². The third-order valence-corrected chi connectivity index (χ3v) is 2.60. The fraction of sp³-hybridized carbons (Fsp3) is 0.800. The lowest BCUT2D eigenvalue weighted by molar-refractivity contribution is -0.158. The second-order valence-electron chi connectivity index (χ2n) is 4.14. The molecule has 1 aliphatic rings. The highest BCUT2D eigenvalue weighted by Gasteiger charge is 2.39. The summed E-state index contributed by atoms with van der Waals surface area (Å²) in [5.41, 5.74) is 0. The number of nitrogens with zero attached hydrogens (tertiary/aromatic N) is 1. The predicted molar refractivity (Wildman–Crippen MR) is 65.0 cm³/mol. The van der Waals surface area contributed by atoms with E-state index in [2.05, 4.69) is 10.6 Å². The van der Waals surface area contributed by atoms with Crippen LogP contribution in [0.5, 0.6) is 0 Å². The number of amides is 2. The first-order chi connectivity index (χ1) is 8.33. The van der Waals surface area contributed by atoms with Crippen molar-refractivity contribution in [1.82, 2.24) is 15.5 Å². The van der Waals surface area contributed by atoms with Crippen molar-refractivity contribution in [3.63, 3.8) is 0 Å². The first-order valence-electron chi connectivity index (χ1n) is 5.63. The zero-order valence-corrected chi connectivity index (χ0v) is 11.2. The third kappa shape index (κ3) is 6.11. The molecule has 0 aliphatic carbocycles. The van der Waals surface area contributed by atoms with Gasteiger partial charge in [0, 0.05) is 19.5 Å². The van der Waals surface area contributed by atoms with Gasteiger partial charge in [-0.3, -0.25) is 9.59 Å². The predicted octanol–water partition coefficient (Wildman–Crippen LogP) is 0.297. The first-order valence-corrected chi connectivity index (χ1v) is 5.63. The molecule has 1 unspecified atom stereocenters. The molecular formula is C10H17ClF3N3O2. The molecule has 0 aromatic heterocycles. The molecule has 0 radical (unpaired) electrons. The fourth-order valence-electron chi connectivity index (χ4n) is 1.75. The van der Waals surface area contributed by atoms with Crippen LogP contribution in [0, 0.1) is 0 Å². The summed E-state index contributed by atoms with van der Waals surface area (Å²) in [5, 5.41) is 5.21. The summed E-state index contributed by atoms with van der Waals surface area (Å²) in [5.74, 6) is -0.998. The monoisotopic (exact) mass is 303 g/mol. The lowest BCUT2D eigenvalue weighted by Gasteiger charge is -2.18. The summed E-state index contributed by atoms with van der Waals surface area (Å²) >= 11 is 0. The number of hydrogen-bond donors (Lipinski definition) is 2. The number of nitrogens with one attached hydrogen (secondary N) is 2. The van der Waals surface area contributed by atoms with Crippen LogP contribution in [-0.4, -0.2) is 55.6 Å². The molecule has 2 amide bonds. The highest BCUT2D eigenvalue weighted by molar-refractivity contribution is 5.89. The maximum Gasteiger partial charge on any atom is 0.406 e. The molecule has 0 bridgehead atoms. The highest BCUT2D eigenvalue weighted by Crippen LogP contribution is 2.20. The molecule has 1 fully saturated rings. The van der Waals surface area contributed by atoms with Gasteiger partial charge in [-0.1, -0.05) is 0 Å². The van der Waals surface area contributed by atoms with Crippen LogP contribution in [0.25, 0.3) is 0 Å². The topological polar surface area (TPSA) is 61.4 Å². The van der Waals surface area contributed by atoms with Gasteiger partial charge in [-0.2, -0.15) is 13.2 Å². The Hall–Kier alpha value is -1.02. The van der Waals surface area contributed by atoms with E-state index >= 15 is 0 Å². The Balaban J connectivity index is 0.00000324. The minimum Gasteiger partial charge on any atom is -0.344 e. The first kappa shape index (κ1) is 18.0. The normalized spacial score (nSPS) is 19.3. The van der Waals surface area contributed by atoms with Gasteiger partial charge in [0.15, 0.2) is 0 Å². The van der Waals surface area contributed by atoms with Crippen LogP contribution in [-0.2, 0) is 9.59 Å². The molecule has 0 aromatic carbocycles. The van der Waals surface area contributed by atoms with Crippen LogP contribution >= 0.6 is 12.4 Å².